The fraction of sp³-hybridized carbons (Fsp3) is 0.417. The minimum atomic E-state index is -0.921. The van der Waals surface area contributed by atoms with Gasteiger partial charge in [-0.05, 0) is 12.1 Å². The molecule has 1 aliphatic heterocycles. The quantitative estimate of drug-likeness (QED) is 0.868. The Kier molecular flexibility index (Phi) is 3.48. The molecule has 1 saturated heterocycles. The first-order valence-electron chi connectivity index (χ1n) is 6.15. The zero-order valence-electron chi connectivity index (χ0n) is 10.6. The zero-order chi connectivity index (χ0) is 13.9. The minimum Gasteiger partial charge on any atom is -0.480 e. The van der Waals surface area contributed by atoms with E-state index in [1.54, 1.807) is 17.0 Å². The van der Waals surface area contributed by atoms with Crippen molar-refractivity contribution in [1.29, 1.82) is 0 Å². The van der Waals surface area contributed by atoms with Gasteiger partial charge < -0.3 is 18.8 Å². The number of hydrogen-bond acceptors (Lipinski definition) is 7. The number of nitrogens with zero attached hydrogens (tertiary/aromatic N) is 3. The van der Waals surface area contributed by atoms with Gasteiger partial charge in [0.1, 0.15) is 6.04 Å². The Hall–Kier alpha value is -2.19. The van der Waals surface area contributed by atoms with Crippen molar-refractivity contribution < 1.29 is 23.6 Å². The van der Waals surface area contributed by atoms with Crippen molar-refractivity contribution >= 4 is 5.97 Å². The molecule has 20 heavy (non-hydrogen) atoms. The number of rotatable bonds is 4. The first-order valence-corrected chi connectivity index (χ1v) is 6.15. The molecule has 1 fully saturated rings. The molecular weight excluding hydrogens is 266 g/mol. The number of hydrogen-bond donors (Lipinski definition) is 1. The van der Waals surface area contributed by atoms with Crippen LogP contribution in [0.15, 0.2) is 27.3 Å². The van der Waals surface area contributed by atoms with Crippen LogP contribution in [0, 0.1) is 0 Å². The van der Waals surface area contributed by atoms with Gasteiger partial charge in [0.15, 0.2) is 5.76 Å². The number of carbonyl (C=O) groups is 1. The smallest absolute Gasteiger partial charge is 0.323 e. The predicted octanol–water partition coefficient (Wildman–Crippen LogP) is 0.615. The van der Waals surface area contributed by atoms with Gasteiger partial charge in [-0.3, -0.25) is 9.69 Å². The number of carboxylic acids is 1. The van der Waals surface area contributed by atoms with Crippen molar-refractivity contribution in [3.8, 4) is 11.6 Å². The highest BCUT2D eigenvalue weighted by atomic mass is 16.5. The van der Waals surface area contributed by atoms with E-state index in [0.717, 1.165) is 0 Å². The second kappa shape index (κ2) is 5.43. The van der Waals surface area contributed by atoms with E-state index in [9.17, 15) is 4.79 Å². The number of furan rings is 1. The van der Waals surface area contributed by atoms with Crippen LogP contribution in [0.5, 0.6) is 0 Å². The first kappa shape index (κ1) is 12.8. The molecule has 0 bridgehead atoms. The fourth-order valence-electron chi connectivity index (χ4n) is 2.05. The Morgan fingerprint density at radius 1 is 1.55 bits per heavy atom. The Labute approximate surface area is 113 Å². The van der Waals surface area contributed by atoms with Crippen molar-refractivity contribution in [2.45, 2.75) is 12.6 Å². The van der Waals surface area contributed by atoms with Gasteiger partial charge in [0.05, 0.1) is 26.0 Å². The molecule has 0 saturated carbocycles. The van der Waals surface area contributed by atoms with Crippen LogP contribution in [0.2, 0.25) is 0 Å². The molecule has 2 aromatic heterocycles. The summed E-state index contributed by atoms with van der Waals surface area (Å²) in [6.45, 7) is 1.43. The topological polar surface area (TPSA) is 102 Å². The van der Waals surface area contributed by atoms with Gasteiger partial charge >= 0.3 is 5.97 Å². The first-order chi connectivity index (χ1) is 9.74. The second-order valence-corrected chi connectivity index (χ2v) is 4.39. The monoisotopic (exact) mass is 279 g/mol. The minimum absolute atomic E-state index is 0.161. The van der Waals surface area contributed by atoms with E-state index in [2.05, 4.69) is 10.1 Å². The van der Waals surface area contributed by atoms with Crippen molar-refractivity contribution in [3.63, 3.8) is 0 Å². The van der Waals surface area contributed by atoms with E-state index < -0.39 is 12.0 Å². The third-order valence-corrected chi connectivity index (χ3v) is 3.07. The molecule has 0 radical (unpaired) electrons. The van der Waals surface area contributed by atoms with Gasteiger partial charge in [-0.2, -0.15) is 4.98 Å². The average molecular weight is 279 g/mol. The molecule has 106 valence electrons. The summed E-state index contributed by atoms with van der Waals surface area (Å²) < 4.78 is 15.5. The highest BCUT2D eigenvalue weighted by molar-refractivity contribution is 5.73. The zero-order valence-corrected chi connectivity index (χ0v) is 10.6. The summed E-state index contributed by atoms with van der Waals surface area (Å²) in [6.07, 6.45) is 1.52. The van der Waals surface area contributed by atoms with Crippen LogP contribution in [-0.4, -0.2) is 51.9 Å². The number of morpholine rings is 1. The van der Waals surface area contributed by atoms with E-state index in [0.29, 0.717) is 30.6 Å². The van der Waals surface area contributed by atoms with Gasteiger partial charge in [0, 0.05) is 6.54 Å². The summed E-state index contributed by atoms with van der Waals surface area (Å²) in [5.41, 5.74) is 0. The number of carboxylic acid groups (broad SMARTS) is 1. The standard InChI is InChI=1S/C12H13N3O5/c16-12(17)8-7-18-5-3-15(8)6-10-13-11(14-20-10)9-2-1-4-19-9/h1-2,4,8H,3,5-7H2,(H,16,17). The van der Waals surface area contributed by atoms with E-state index in [1.165, 1.54) is 6.26 Å². The molecule has 3 heterocycles. The predicted molar refractivity (Wildman–Crippen MR) is 64.7 cm³/mol. The van der Waals surface area contributed by atoms with Crippen LogP contribution in [0.1, 0.15) is 5.89 Å². The molecule has 1 atom stereocenters. The van der Waals surface area contributed by atoms with Crippen LogP contribution >= 0.6 is 0 Å². The molecule has 1 N–H and O–H groups in total. The Morgan fingerprint density at radius 3 is 3.20 bits per heavy atom. The Balaban J connectivity index is 1.72. The van der Waals surface area contributed by atoms with E-state index in [4.69, 9.17) is 18.8 Å². The van der Waals surface area contributed by atoms with Crippen LogP contribution < -0.4 is 0 Å². The summed E-state index contributed by atoms with van der Waals surface area (Å²) >= 11 is 0. The van der Waals surface area contributed by atoms with E-state index in [1.807, 2.05) is 0 Å². The highest BCUT2D eigenvalue weighted by Crippen LogP contribution is 2.17. The Morgan fingerprint density at radius 2 is 2.45 bits per heavy atom. The molecule has 3 rings (SSSR count). The van der Waals surface area contributed by atoms with Gasteiger partial charge in [-0.1, -0.05) is 5.16 Å². The summed E-state index contributed by atoms with van der Waals surface area (Å²) in [4.78, 5) is 17.1. The number of aromatic nitrogens is 2. The van der Waals surface area contributed by atoms with Crippen molar-refractivity contribution in [2.24, 2.45) is 0 Å². The van der Waals surface area contributed by atoms with E-state index in [-0.39, 0.29) is 13.2 Å². The summed E-state index contributed by atoms with van der Waals surface area (Å²) in [5, 5.41) is 12.9. The SMILES string of the molecule is O=C(O)C1COCCN1Cc1nc(-c2ccco2)no1. The maximum Gasteiger partial charge on any atom is 0.323 e. The lowest BCUT2D eigenvalue weighted by Crippen LogP contribution is -2.49. The van der Waals surface area contributed by atoms with Crippen LogP contribution in [0.25, 0.3) is 11.6 Å². The maximum absolute atomic E-state index is 11.1. The Bertz CT molecular complexity index is 580. The summed E-state index contributed by atoms with van der Waals surface area (Å²) in [6, 6.07) is 2.76. The van der Waals surface area contributed by atoms with E-state index >= 15 is 0 Å². The molecule has 1 aliphatic rings. The molecule has 2 aromatic rings. The lowest BCUT2D eigenvalue weighted by atomic mass is 10.2. The van der Waals surface area contributed by atoms with Crippen molar-refractivity contribution in [1.82, 2.24) is 15.0 Å². The van der Waals surface area contributed by atoms with Gasteiger partial charge in [0.25, 0.3) is 0 Å². The third kappa shape index (κ3) is 2.56. The largest absolute Gasteiger partial charge is 0.480 e. The van der Waals surface area contributed by atoms with Crippen molar-refractivity contribution in [3.05, 3.63) is 24.3 Å². The molecule has 1 unspecified atom stereocenters. The molecule has 0 aromatic carbocycles. The van der Waals surface area contributed by atoms with Gasteiger partial charge in [-0.25, -0.2) is 0 Å². The molecular formula is C12H13N3O5. The molecule has 8 heteroatoms. The molecule has 0 spiro atoms. The van der Waals surface area contributed by atoms with Crippen LogP contribution in [-0.2, 0) is 16.1 Å². The van der Waals surface area contributed by atoms with Gasteiger partial charge in [0.2, 0.25) is 11.7 Å². The number of ether oxygens (including phenoxy) is 1. The summed E-state index contributed by atoms with van der Waals surface area (Å²) in [7, 11) is 0. The van der Waals surface area contributed by atoms with Crippen LogP contribution in [0.4, 0.5) is 0 Å². The third-order valence-electron chi connectivity index (χ3n) is 3.07. The number of aliphatic carboxylic acids is 1. The molecule has 0 amide bonds. The van der Waals surface area contributed by atoms with Gasteiger partial charge in [-0.15, -0.1) is 0 Å². The average Bonchev–Trinajstić information content (AvgIpc) is 3.09. The van der Waals surface area contributed by atoms with Crippen LogP contribution in [0.3, 0.4) is 0 Å². The normalized spacial score (nSPS) is 20.1. The lowest BCUT2D eigenvalue weighted by molar-refractivity contribution is -0.150. The van der Waals surface area contributed by atoms with Crippen molar-refractivity contribution in [2.75, 3.05) is 19.8 Å². The molecule has 0 aliphatic carbocycles. The summed E-state index contributed by atoms with van der Waals surface area (Å²) in [5.74, 6) is 0.293. The fourth-order valence-corrected chi connectivity index (χ4v) is 2.05. The molecule has 8 nitrogen and oxygen atoms in total. The maximum atomic E-state index is 11.1. The second-order valence-electron chi connectivity index (χ2n) is 4.39. The lowest BCUT2D eigenvalue weighted by Gasteiger charge is -2.31. The highest BCUT2D eigenvalue weighted by Gasteiger charge is 2.30.